The summed E-state index contributed by atoms with van der Waals surface area (Å²) < 4.78 is 30.7. The summed E-state index contributed by atoms with van der Waals surface area (Å²) in [6.45, 7) is 6.59. The van der Waals surface area contributed by atoms with Crippen LogP contribution in [-0.4, -0.2) is 38.9 Å². The highest BCUT2D eigenvalue weighted by molar-refractivity contribution is 5.95. The van der Waals surface area contributed by atoms with E-state index in [1.54, 1.807) is 30.3 Å². The quantitative estimate of drug-likeness (QED) is 0.656. The Morgan fingerprint density at radius 2 is 1.90 bits per heavy atom. The Bertz CT molecular complexity index is 849. The number of benzene rings is 2. The van der Waals surface area contributed by atoms with Gasteiger partial charge in [0.2, 0.25) is 0 Å². The van der Waals surface area contributed by atoms with E-state index in [2.05, 4.69) is 5.32 Å². The van der Waals surface area contributed by atoms with Crippen molar-refractivity contribution in [3.05, 3.63) is 59.4 Å². The van der Waals surface area contributed by atoms with Crippen LogP contribution in [0.3, 0.4) is 0 Å². The molecule has 1 aliphatic heterocycles. The van der Waals surface area contributed by atoms with Crippen LogP contribution in [0.2, 0.25) is 0 Å². The fourth-order valence-corrected chi connectivity index (χ4v) is 3.75. The Morgan fingerprint density at radius 3 is 2.60 bits per heavy atom. The van der Waals surface area contributed by atoms with Gasteiger partial charge >= 0.3 is 0 Å². The molecule has 1 N–H and O–H groups in total. The minimum Gasteiger partial charge on any atom is -0.490 e. The molecule has 0 bridgehead atoms. The molecule has 1 fully saturated rings. The topological polar surface area (TPSA) is 56.8 Å². The van der Waals surface area contributed by atoms with Gasteiger partial charge in [0, 0.05) is 30.7 Å². The van der Waals surface area contributed by atoms with Crippen molar-refractivity contribution in [3.8, 4) is 11.5 Å². The highest BCUT2D eigenvalue weighted by atomic mass is 19.1. The molecule has 0 atom stereocenters. The molecule has 1 heterocycles. The molecular weight excluding hydrogens is 385 g/mol. The fraction of sp³-hybridized carbons (Fsp3) is 0.458. The van der Waals surface area contributed by atoms with Crippen LogP contribution >= 0.6 is 0 Å². The largest absolute Gasteiger partial charge is 0.490 e. The molecule has 0 aromatic heterocycles. The summed E-state index contributed by atoms with van der Waals surface area (Å²) in [5.74, 6) is 0.731. The molecule has 3 rings (SSSR count). The van der Waals surface area contributed by atoms with Crippen LogP contribution in [0.25, 0.3) is 0 Å². The molecule has 2 aromatic rings. The highest BCUT2D eigenvalue weighted by Crippen LogP contribution is 2.35. The molecule has 0 radical (unpaired) electrons. The van der Waals surface area contributed by atoms with Gasteiger partial charge in [0.1, 0.15) is 5.82 Å². The van der Waals surface area contributed by atoms with Gasteiger partial charge in [0.15, 0.2) is 11.5 Å². The van der Waals surface area contributed by atoms with Crippen LogP contribution in [0, 0.1) is 5.82 Å². The van der Waals surface area contributed by atoms with Crippen molar-refractivity contribution in [3.63, 3.8) is 0 Å². The maximum atomic E-state index is 13.9. The van der Waals surface area contributed by atoms with Gasteiger partial charge in [-0.25, -0.2) is 4.39 Å². The first kappa shape index (κ1) is 22.1. The lowest BCUT2D eigenvalue weighted by molar-refractivity contribution is 0.0486. The number of ether oxygens (including phenoxy) is 3. The Labute approximate surface area is 177 Å². The normalized spacial score (nSPS) is 15.4. The highest BCUT2D eigenvalue weighted by Gasteiger charge is 2.35. The predicted molar refractivity (Wildman–Crippen MR) is 114 cm³/mol. The monoisotopic (exact) mass is 415 g/mol. The van der Waals surface area contributed by atoms with Gasteiger partial charge in [0.05, 0.1) is 13.2 Å². The second kappa shape index (κ2) is 10.4. The molecule has 6 heteroatoms. The number of hydrogen-bond acceptors (Lipinski definition) is 4. The molecule has 0 aliphatic carbocycles. The second-order valence-electron chi connectivity index (χ2n) is 7.53. The van der Waals surface area contributed by atoms with Crippen molar-refractivity contribution < 1.29 is 23.4 Å². The summed E-state index contributed by atoms with van der Waals surface area (Å²) in [6.07, 6.45) is 2.34. The zero-order chi connectivity index (χ0) is 21.4. The van der Waals surface area contributed by atoms with E-state index in [0.29, 0.717) is 50.0 Å². The van der Waals surface area contributed by atoms with Crippen LogP contribution in [0.5, 0.6) is 11.5 Å². The lowest BCUT2D eigenvalue weighted by Gasteiger charge is -2.38. The average Bonchev–Trinajstić information content (AvgIpc) is 2.77. The summed E-state index contributed by atoms with van der Waals surface area (Å²) in [5, 5.41) is 3.05. The van der Waals surface area contributed by atoms with Gasteiger partial charge in [-0.3, -0.25) is 4.79 Å². The smallest absolute Gasteiger partial charge is 0.251 e. The Balaban J connectivity index is 1.76. The van der Waals surface area contributed by atoms with E-state index in [0.717, 1.165) is 24.8 Å². The zero-order valence-corrected chi connectivity index (χ0v) is 17.7. The second-order valence-corrected chi connectivity index (χ2v) is 7.53. The van der Waals surface area contributed by atoms with Crippen LogP contribution in [0.1, 0.15) is 49.0 Å². The standard InChI is InChI=1S/C24H30FNO4/c1-3-12-30-21-9-8-18(15-22(21)29-4-2)23(27)26-17-24(10-13-28-14-11-24)19-6-5-7-20(25)16-19/h5-9,15-16H,3-4,10-14,17H2,1-2H3,(H,26,27). The van der Waals surface area contributed by atoms with Crippen molar-refractivity contribution in [1.29, 1.82) is 0 Å². The molecular formula is C24H30FNO4. The molecule has 2 aromatic carbocycles. The van der Waals surface area contributed by atoms with E-state index in [1.165, 1.54) is 6.07 Å². The van der Waals surface area contributed by atoms with Gasteiger partial charge in [-0.2, -0.15) is 0 Å². The third kappa shape index (κ3) is 5.30. The van der Waals surface area contributed by atoms with Crippen molar-refractivity contribution in [2.45, 2.75) is 38.5 Å². The Morgan fingerprint density at radius 1 is 1.10 bits per heavy atom. The van der Waals surface area contributed by atoms with Crippen LogP contribution in [-0.2, 0) is 10.2 Å². The predicted octanol–water partition coefficient (Wildman–Crippen LogP) is 4.49. The summed E-state index contributed by atoms with van der Waals surface area (Å²) in [5.41, 5.74) is 1.05. The maximum Gasteiger partial charge on any atom is 0.251 e. The SMILES string of the molecule is CCCOc1ccc(C(=O)NCC2(c3cccc(F)c3)CCOCC2)cc1OCC. The van der Waals surface area contributed by atoms with E-state index >= 15 is 0 Å². The number of hydrogen-bond donors (Lipinski definition) is 1. The Hall–Kier alpha value is -2.60. The van der Waals surface area contributed by atoms with Crippen molar-refractivity contribution >= 4 is 5.91 Å². The first-order valence-electron chi connectivity index (χ1n) is 10.6. The molecule has 1 amide bonds. The van der Waals surface area contributed by atoms with Crippen LogP contribution < -0.4 is 14.8 Å². The number of carbonyl (C=O) groups is 1. The summed E-state index contributed by atoms with van der Waals surface area (Å²) in [7, 11) is 0. The number of nitrogens with one attached hydrogen (secondary N) is 1. The van der Waals surface area contributed by atoms with E-state index in [9.17, 15) is 9.18 Å². The third-order valence-electron chi connectivity index (χ3n) is 5.44. The molecule has 5 nitrogen and oxygen atoms in total. The van der Waals surface area contributed by atoms with Crippen LogP contribution in [0.15, 0.2) is 42.5 Å². The van der Waals surface area contributed by atoms with Gasteiger partial charge in [-0.15, -0.1) is 0 Å². The average molecular weight is 416 g/mol. The summed E-state index contributed by atoms with van der Waals surface area (Å²) >= 11 is 0. The van der Waals surface area contributed by atoms with E-state index in [4.69, 9.17) is 14.2 Å². The van der Waals surface area contributed by atoms with Crippen LogP contribution in [0.4, 0.5) is 4.39 Å². The molecule has 1 aliphatic rings. The van der Waals surface area contributed by atoms with Gasteiger partial charge in [-0.05, 0) is 62.1 Å². The minimum atomic E-state index is -0.344. The summed E-state index contributed by atoms with van der Waals surface area (Å²) in [4.78, 5) is 12.9. The first-order chi connectivity index (χ1) is 14.6. The minimum absolute atomic E-state index is 0.194. The summed E-state index contributed by atoms with van der Waals surface area (Å²) in [6, 6.07) is 11.9. The third-order valence-corrected chi connectivity index (χ3v) is 5.44. The van der Waals surface area contributed by atoms with Gasteiger partial charge in [0.25, 0.3) is 5.91 Å². The van der Waals surface area contributed by atoms with Crippen molar-refractivity contribution in [1.82, 2.24) is 5.32 Å². The maximum absolute atomic E-state index is 13.9. The zero-order valence-electron chi connectivity index (χ0n) is 17.7. The lowest BCUT2D eigenvalue weighted by Crippen LogP contribution is -2.44. The number of halogens is 1. The van der Waals surface area contributed by atoms with Crippen molar-refractivity contribution in [2.24, 2.45) is 0 Å². The molecule has 1 saturated heterocycles. The molecule has 0 spiro atoms. The fourth-order valence-electron chi connectivity index (χ4n) is 3.75. The number of rotatable bonds is 9. The lowest BCUT2D eigenvalue weighted by atomic mass is 9.74. The first-order valence-corrected chi connectivity index (χ1v) is 10.6. The molecule has 0 unspecified atom stereocenters. The molecule has 30 heavy (non-hydrogen) atoms. The van der Waals surface area contributed by atoms with E-state index in [-0.39, 0.29) is 17.1 Å². The van der Waals surface area contributed by atoms with E-state index < -0.39 is 0 Å². The van der Waals surface area contributed by atoms with Crippen molar-refractivity contribution in [2.75, 3.05) is 33.0 Å². The van der Waals surface area contributed by atoms with Gasteiger partial charge in [-0.1, -0.05) is 19.1 Å². The number of amides is 1. The Kier molecular flexibility index (Phi) is 7.69. The number of carbonyl (C=O) groups excluding carboxylic acids is 1. The molecule has 0 saturated carbocycles. The van der Waals surface area contributed by atoms with Gasteiger partial charge < -0.3 is 19.5 Å². The molecule has 162 valence electrons. The van der Waals surface area contributed by atoms with E-state index in [1.807, 2.05) is 19.9 Å².